The first kappa shape index (κ1) is 20.1. The van der Waals surface area contributed by atoms with Gasteiger partial charge in [-0.2, -0.15) is 0 Å². The topological polar surface area (TPSA) is 59.6 Å². The van der Waals surface area contributed by atoms with Crippen LogP contribution in [-0.4, -0.2) is 33.2 Å². The minimum absolute atomic E-state index is 0.0405. The minimum Gasteiger partial charge on any atom is -0.493 e. The van der Waals surface area contributed by atoms with E-state index < -0.39 is 0 Å². The Bertz CT molecular complexity index is 705. The molecule has 0 aliphatic rings. The highest BCUT2D eigenvalue weighted by atomic mass is 35.5. The van der Waals surface area contributed by atoms with Crippen LogP contribution in [0.5, 0.6) is 11.5 Å². The Balaban J connectivity index is 1.63. The maximum Gasteiger partial charge on any atom is 0.221 e. The Morgan fingerprint density at radius 1 is 0.962 bits per heavy atom. The summed E-state index contributed by atoms with van der Waals surface area (Å²) < 4.78 is 10.5. The molecule has 0 aliphatic heterocycles. The molecule has 0 atom stereocenters. The van der Waals surface area contributed by atoms with Gasteiger partial charge in [-0.05, 0) is 41.8 Å². The molecule has 0 unspecified atom stereocenters. The van der Waals surface area contributed by atoms with Crippen LogP contribution < -0.4 is 20.1 Å². The highest BCUT2D eigenvalue weighted by Crippen LogP contribution is 2.27. The Labute approximate surface area is 159 Å². The summed E-state index contributed by atoms with van der Waals surface area (Å²) in [6, 6.07) is 13.4. The Kier molecular flexibility index (Phi) is 8.25. The van der Waals surface area contributed by atoms with Crippen molar-refractivity contribution in [2.75, 3.05) is 27.3 Å². The fraction of sp³-hybridized carbons (Fsp3) is 0.350. The van der Waals surface area contributed by atoms with E-state index in [9.17, 15) is 4.79 Å². The van der Waals surface area contributed by atoms with Crippen molar-refractivity contribution in [1.29, 1.82) is 0 Å². The predicted molar refractivity (Wildman–Crippen MR) is 104 cm³/mol. The molecule has 140 valence electrons. The van der Waals surface area contributed by atoms with Gasteiger partial charge in [0.15, 0.2) is 11.5 Å². The summed E-state index contributed by atoms with van der Waals surface area (Å²) in [5, 5.41) is 6.91. The van der Waals surface area contributed by atoms with Crippen molar-refractivity contribution in [2.24, 2.45) is 0 Å². The average Bonchev–Trinajstić information content (AvgIpc) is 2.66. The quantitative estimate of drug-likeness (QED) is 0.625. The standard InChI is InChI=1S/C20H25ClN2O3/c1-25-18-8-5-16(13-19(18)26-2)14-22-11-10-20(24)23-12-9-15-3-6-17(21)7-4-15/h3-8,13,22H,9-12,14H2,1-2H3,(H,23,24). The molecule has 0 saturated carbocycles. The van der Waals surface area contributed by atoms with E-state index in [-0.39, 0.29) is 5.91 Å². The number of halogens is 1. The molecular weight excluding hydrogens is 352 g/mol. The second-order valence-electron chi connectivity index (χ2n) is 5.84. The summed E-state index contributed by atoms with van der Waals surface area (Å²) in [6.07, 6.45) is 1.23. The highest BCUT2D eigenvalue weighted by Gasteiger charge is 2.05. The maximum absolute atomic E-state index is 11.9. The Morgan fingerprint density at radius 3 is 2.35 bits per heavy atom. The lowest BCUT2D eigenvalue weighted by atomic mass is 10.1. The van der Waals surface area contributed by atoms with Crippen LogP contribution in [0.1, 0.15) is 17.5 Å². The molecule has 0 saturated heterocycles. The lowest BCUT2D eigenvalue weighted by Crippen LogP contribution is -2.29. The third-order valence-corrected chi connectivity index (χ3v) is 4.21. The molecule has 2 N–H and O–H groups in total. The van der Waals surface area contributed by atoms with E-state index in [0.717, 1.165) is 22.6 Å². The lowest BCUT2D eigenvalue weighted by molar-refractivity contribution is -0.120. The summed E-state index contributed by atoms with van der Waals surface area (Å²) in [7, 11) is 3.23. The van der Waals surface area contributed by atoms with E-state index in [1.165, 1.54) is 0 Å². The van der Waals surface area contributed by atoms with E-state index in [0.29, 0.717) is 37.6 Å². The third kappa shape index (κ3) is 6.58. The molecule has 6 heteroatoms. The second kappa shape index (κ2) is 10.7. The molecule has 0 bridgehead atoms. The number of carbonyl (C=O) groups excluding carboxylic acids is 1. The van der Waals surface area contributed by atoms with Crippen molar-refractivity contribution in [3.63, 3.8) is 0 Å². The summed E-state index contributed by atoms with van der Waals surface area (Å²) in [5.74, 6) is 1.45. The zero-order chi connectivity index (χ0) is 18.8. The normalized spacial score (nSPS) is 10.4. The average molecular weight is 377 g/mol. The molecule has 2 aromatic rings. The molecule has 2 rings (SSSR count). The number of nitrogens with one attached hydrogen (secondary N) is 2. The first-order chi connectivity index (χ1) is 12.6. The summed E-state index contributed by atoms with van der Waals surface area (Å²) in [4.78, 5) is 11.9. The molecule has 0 heterocycles. The fourth-order valence-corrected chi connectivity index (χ4v) is 2.64. The molecule has 0 radical (unpaired) electrons. The largest absolute Gasteiger partial charge is 0.493 e. The van der Waals surface area contributed by atoms with Gasteiger partial charge < -0.3 is 20.1 Å². The van der Waals surface area contributed by atoms with Crippen molar-refractivity contribution in [1.82, 2.24) is 10.6 Å². The van der Waals surface area contributed by atoms with E-state index >= 15 is 0 Å². The number of hydrogen-bond acceptors (Lipinski definition) is 4. The smallest absolute Gasteiger partial charge is 0.221 e. The van der Waals surface area contributed by atoms with Crippen LogP contribution in [0.25, 0.3) is 0 Å². The van der Waals surface area contributed by atoms with Gasteiger partial charge in [0, 0.05) is 31.1 Å². The number of hydrogen-bond donors (Lipinski definition) is 2. The van der Waals surface area contributed by atoms with Crippen LogP contribution in [-0.2, 0) is 17.8 Å². The van der Waals surface area contributed by atoms with Crippen molar-refractivity contribution in [3.8, 4) is 11.5 Å². The summed E-state index contributed by atoms with van der Waals surface area (Å²) >= 11 is 5.85. The zero-order valence-electron chi connectivity index (χ0n) is 15.2. The van der Waals surface area contributed by atoms with Gasteiger partial charge in [0.2, 0.25) is 5.91 Å². The molecule has 0 fully saturated rings. The van der Waals surface area contributed by atoms with Crippen LogP contribution >= 0.6 is 11.6 Å². The summed E-state index contributed by atoms with van der Waals surface area (Å²) in [5.41, 5.74) is 2.23. The molecule has 0 aromatic heterocycles. The Morgan fingerprint density at radius 2 is 1.65 bits per heavy atom. The number of carbonyl (C=O) groups is 1. The monoisotopic (exact) mass is 376 g/mol. The lowest BCUT2D eigenvalue weighted by Gasteiger charge is -2.10. The van der Waals surface area contributed by atoms with Gasteiger partial charge >= 0.3 is 0 Å². The number of ether oxygens (including phenoxy) is 2. The van der Waals surface area contributed by atoms with Crippen molar-refractivity contribution in [2.45, 2.75) is 19.4 Å². The molecule has 2 aromatic carbocycles. The van der Waals surface area contributed by atoms with E-state index in [1.54, 1.807) is 14.2 Å². The van der Waals surface area contributed by atoms with Gasteiger partial charge in [-0.1, -0.05) is 29.8 Å². The van der Waals surface area contributed by atoms with Crippen LogP contribution in [0.2, 0.25) is 5.02 Å². The van der Waals surface area contributed by atoms with E-state index in [1.807, 2.05) is 42.5 Å². The number of methoxy groups -OCH3 is 2. The highest BCUT2D eigenvalue weighted by molar-refractivity contribution is 6.30. The molecule has 26 heavy (non-hydrogen) atoms. The van der Waals surface area contributed by atoms with Gasteiger partial charge in [-0.15, -0.1) is 0 Å². The van der Waals surface area contributed by atoms with Crippen molar-refractivity contribution < 1.29 is 14.3 Å². The van der Waals surface area contributed by atoms with Crippen molar-refractivity contribution in [3.05, 3.63) is 58.6 Å². The van der Waals surface area contributed by atoms with Gasteiger partial charge in [-0.3, -0.25) is 4.79 Å². The van der Waals surface area contributed by atoms with Gasteiger partial charge in [-0.25, -0.2) is 0 Å². The van der Waals surface area contributed by atoms with Crippen LogP contribution in [0.4, 0.5) is 0 Å². The van der Waals surface area contributed by atoms with E-state index in [2.05, 4.69) is 10.6 Å². The van der Waals surface area contributed by atoms with Gasteiger partial charge in [0.1, 0.15) is 0 Å². The number of amides is 1. The molecular formula is C20H25ClN2O3. The van der Waals surface area contributed by atoms with Gasteiger partial charge in [0.05, 0.1) is 14.2 Å². The first-order valence-corrected chi connectivity index (χ1v) is 8.93. The summed E-state index contributed by atoms with van der Waals surface area (Å²) in [6.45, 7) is 1.90. The number of rotatable bonds is 10. The molecule has 0 aliphatic carbocycles. The predicted octanol–water partition coefficient (Wildman–Crippen LogP) is 3.20. The SMILES string of the molecule is COc1ccc(CNCCC(=O)NCCc2ccc(Cl)cc2)cc1OC. The van der Waals surface area contributed by atoms with E-state index in [4.69, 9.17) is 21.1 Å². The van der Waals surface area contributed by atoms with Crippen molar-refractivity contribution >= 4 is 17.5 Å². The third-order valence-electron chi connectivity index (χ3n) is 3.96. The Hall–Kier alpha value is -2.24. The second-order valence-corrected chi connectivity index (χ2v) is 6.28. The maximum atomic E-state index is 11.9. The molecule has 0 spiro atoms. The molecule has 1 amide bonds. The van der Waals surface area contributed by atoms with Crippen LogP contribution in [0.3, 0.4) is 0 Å². The zero-order valence-corrected chi connectivity index (χ0v) is 15.9. The minimum atomic E-state index is 0.0405. The number of benzene rings is 2. The van der Waals surface area contributed by atoms with Gasteiger partial charge in [0.25, 0.3) is 0 Å². The first-order valence-electron chi connectivity index (χ1n) is 8.55. The fourth-order valence-electron chi connectivity index (χ4n) is 2.51. The van der Waals surface area contributed by atoms with Crippen LogP contribution in [0, 0.1) is 0 Å². The molecule has 5 nitrogen and oxygen atoms in total. The van der Waals surface area contributed by atoms with Crippen LogP contribution in [0.15, 0.2) is 42.5 Å².